The second-order valence-electron chi connectivity index (χ2n) is 38.2. The number of rotatable bonds is 10. The van der Waals surface area contributed by atoms with Crippen molar-refractivity contribution in [3.8, 4) is 79.4 Å². The van der Waals surface area contributed by atoms with Crippen LogP contribution in [0, 0.1) is 0 Å². The molecule has 0 atom stereocenters. The van der Waals surface area contributed by atoms with Gasteiger partial charge >= 0.3 is 0 Å². The fourth-order valence-corrected chi connectivity index (χ4v) is 23.9. The van der Waals surface area contributed by atoms with Gasteiger partial charge in [0.2, 0.25) is 0 Å². The summed E-state index contributed by atoms with van der Waals surface area (Å²) in [5.74, 6) is 1.44. The van der Waals surface area contributed by atoms with Gasteiger partial charge < -0.3 is 27.4 Å². The van der Waals surface area contributed by atoms with E-state index in [1.165, 1.54) is 141 Å². The summed E-state index contributed by atoms with van der Waals surface area (Å²) in [6, 6.07) is 177. The van der Waals surface area contributed by atoms with Crippen LogP contribution in [-0.2, 0) is 0 Å². The number of nitrogens with zero attached hydrogens (tertiary/aromatic N) is 12. The first-order valence-corrected chi connectivity index (χ1v) is 50.3. The van der Waals surface area contributed by atoms with Gasteiger partial charge in [-0.2, -0.15) is 0 Å². The van der Waals surface area contributed by atoms with Crippen molar-refractivity contribution in [1.82, 2.24) is 57.3 Å². The van der Waals surface area contributed by atoms with Crippen molar-refractivity contribution >= 4 is 207 Å². The normalized spacial score (nSPS) is 11.9. The number of benzene rings is 23. The van der Waals surface area contributed by atoms with Crippen molar-refractivity contribution in [2.24, 2.45) is 0 Å². The molecule has 0 spiro atoms. The van der Waals surface area contributed by atoms with E-state index in [9.17, 15) is 0 Å². The van der Waals surface area contributed by atoms with E-state index >= 15 is 0 Å². The highest BCUT2D eigenvalue weighted by Crippen LogP contribution is 2.50. The molecule has 32 rings (SSSR count). The quantitative estimate of drug-likeness (QED) is 0.126. The predicted octanol–water partition coefficient (Wildman–Crippen LogP) is 34.8. The van der Waals surface area contributed by atoms with E-state index in [0.717, 1.165) is 139 Å². The molecule has 0 saturated carbocycles. The van der Waals surface area contributed by atoms with Crippen LogP contribution in [0.3, 0.4) is 0 Å². The highest BCUT2D eigenvalue weighted by molar-refractivity contribution is 6.34. The Bertz CT molecular complexity index is 10600. The SMILES string of the molecule is c1ccc(-c2nc(-c3ccc4c(c3)c3c5c6ccccc6n(-c6ccccc6)c5ccc3n4-c3ccccc3)nc3ccccc23)cc1.c1ccc(-n2c3ccccc3c3c4c5cc(-c6cnc7c8ccccc8c8ccccc8c7n6)ccc5n(-c5ccccc5)c4ccc32)cc1.c1ccc(-n2c3ccccc3c3c4c5cc(-c6ncc7c8ccccc8c8ccccc8c7n6)ccc5n(-c5ccccc5)c4ccc32)cc1. The summed E-state index contributed by atoms with van der Waals surface area (Å²) < 4.78 is 14.3. The Hall–Kier alpha value is -20.1. The zero-order valence-electron chi connectivity index (χ0n) is 79.9. The average Bonchev–Trinajstić information content (AvgIpc) is 1.53. The van der Waals surface area contributed by atoms with Crippen LogP contribution < -0.4 is 0 Å². The van der Waals surface area contributed by atoms with Gasteiger partial charge in [0.1, 0.15) is 0 Å². The second-order valence-corrected chi connectivity index (χ2v) is 38.2. The second kappa shape index (κ2) is 33.8. The van der Waals surface area contributed by atoms with Gasteiger partial charge in [-0.05, 0) is 209 Å². The van der Waals surface area contributed by atoms with Crippen LogP contribution in [0.2, 0.25) is 0 Å². The van der Waals surface area contributed by atoms with Crippen molar-refractivity contribution < 1.29 is 0 Å². The first kappa shape index (κ1) is 83.7. The van der Waals surface area contributed by atoms with Gasteiger partial charge in [0.05, 0.1) is 106 Å². The maximum absolute atomic E-state index is 5.36. The zero-order valence-corrected chi connectivity index (χ0v) is 79.9. The summed E-state index contributed by atoms with van der Waals surface area (Å²) in [6.07, 6.45) is 3.95. The standard InChI is InChI=1S/2C46H28N4.C44H28N4/c1-3-13-30(14-4-1)49-39-22-12-11-21-36(39)43-41(49)25-26-42-44(43)37-27-29(23-24-40(37)50(42)31-15-5-2-6-16-31)38-28-47-45-34-19-9-7-17-32(34)33-18-8-10-20-35(33)46(45)48-38;1-3-13-30(14-4-1)49-39-22-12-11-21-36(39)43-41(49)25-26-42-44(43)37-27-29(23-24-40(37)50(42)31-15-5-2-6-16-31)46-47-28-38-34-19-8-7-17-32(34)33-18-9-10-20-35(33)45(38)48-46;1-4-14-29(15-5-1)43-33-20-10-12-22-36(33)45-44(46-43)30-24-25-38-35(28-30)42-40(48(38)32-18-8-3-9-19-32)27-26-39-41(42)34-21-11-13-23-37(34)47(39)31-16-6-2-7-17-31/h2*1-28H;1-28H. The fraction of sp³-hybridized carbons (Fsp3) is 0. The Labute approximate surface area is 847 Å². The monoisotopic (exact) mass is 1880 g/mol. The van der Waals surface area contributed by atoms with E-state index in [0.29, 0.717) is 5.82 Å². The van der Waals surface area contributed by atoms with E-state index in [-0.39, 0.29) is 0 Å². The Morgan fingerprint density at radius 1 is 0.142 bits per heavy atom. The number of aromatic nitrogens is 12. The molecule has 0 saturated heterocycles. The van der Waals surface area contributed by atoms with Crippen molar-refractivity contribution in [1.29, 1.82) is 0 Å². The lowest BCUT2D eigenvalue weighted by Gasteiger charge is -2.11. The van der Waals surface area contributed by atoms with Crippen LogP contribution in [0.5, 0.6) is 0 Å². The first-order valence-electron chi connectivity index (χ1n) is 50.3. The maximum Gasteiger partial charge on any atom is 0.160 e. The minimum Gasteiger partial charge on any atom is -0.309 e. The lowest BCUT2D eigenvalue weighted by atomic mass is 9.98. The molecular formula is C136H84N12. The molecule has 12 nitrogen and oxygen atoms in total. The molecule has 0 radical (unpaired) electrons. The molecule has 148 heavy (non-hydrogen) atoms. The van der Waals surface area contributed by atoms with Crippen LogP contribution in [0.1, 0.15) is 0 Å². The van der Waals surface area contributed by atoms with E-state index in [4.69, 9.17) is 29.9 Å². The molecule has 0 fully saturated rings. The Balaban J connectivity index is 0.000000102. The average molecular weight is 1890 g/mol. The summed E-state index contributed by atoms with van der Waals surface area (Å²) >= 11 is 0. The molecule has 0 amide bonds. The molecule has 0 aliphatic carbocycles. The smallest absolute Gasteiger partial charge is 0.160 e. The summed E-state index contributed by atoms with van der Waals surface area (Å²) in [5.41, 5.74) is 30.6. The van der Waals surface area contributed by atoms with Crippen molar-refractivity contribution in [3.05, 3.63) is 510 Å². The predicted molar refractivity (Wildman–Crippen MR) is 616 cm³/mol. The summed E-state index contributed by atoms with van der Waals surface area (Å²) in [7, 11) is 0. The van der Waals surface area contributed by atoms with E-state index < -0.39 is 0 Å². The zero-order chi connectivity index (χ0) is 97.1. The van der Waals surface area contributed by atoms with Gasteiger partial charge in [-0.3, -0.25) is 4.98 Å². The van der Waals surface area contributed by atoms with Crippen molar-refractivity contribution in [2.75, 3.05) is 0 Å². The molecular weight excluding hydrogens is 1800 g/mol. The Kier molecular flexibility index (Phi) is 19.1. The van der Waals surface area contributed by atoms with Gasteiger partial charge in [0.15, 0.2) is 11.6 Å². The molecule has 688 valence electrons. The van der Waals surface area contributed by atoms with Crippen LogP contribution >= 0.6 is 0 Å². The number of para-hydroxylation sites is 10. The molecule has 9 aromatic heterocycles. The fourth-order valence-electron chi connectivity index (χ4n) is 23.9. The lowest BCUT2D eigenvalue weighted by molar-refractivity contribution is 1.17. The highest BCUT2D eigenvalue weighted by Gasteiger charge is 2.28. The molecule has 9 heterocycles. The Morgan fingerprint density at radius 3 is 0.797 bits per heavy atom. The van der Waals surface area contributed by atoms with E-state index in [2.05, 4.69) is 513 Å². The van der Waals surface area contributed by atoms with E-state index in [1.807, 2.05) is 24.5 Å². The summed E-state index contributed by atoms with van der Waals surface area (Å²) in [4.78, 5) is 31.1. The van der Waals surface area contributed by atoms with Crippen molar-refractivity contribution in [3.63, 3.8) is 0 Å². The molecule has 0 aliphatic heterocycles. The highest BCUT2D eigenvalue weighted by atomic mass is 15.0. The summed E-state index contributed by atoms with van der Waals surface area (Å²) in [5, 5.41) is 26.2. The number of hydrogen-bond donors (Lipinski definition) is 0. The van der Waals surface area contributed by atoms with Gasteiger partial charge in [-0.15, -0.1) is 0 Å². The minimum atomic E-state index is 0.717. The van der Waals surface area contributed by atoms with Crippen LogP contribution in [0.15, 0.2) is 510 Å². The Morgan fingerprint density at radius 2 is 0.412 bits per heavy atom. The molecule has 0 N–H and O–H groups in total. The van der Waals surface area contributed by atoms with Gasteiger partial charge in [-0.25, -0.2) is 24.9 Å². The third-order valence-electron chi connectivity index (χ3n) is 30.1. The number of hydrogen-bond acceptors (Lipinski definition) is 6. The molecule has 0 aliphatic rings. The molecule has 0 bridgehead atoms. The molecule has 0 unspecified atom stereocenters. The van der Waals surface area contributed by atoms with Gasteiger partial charge in [-0.1, -0.05) is 315 Å². The van der Waals surface area contributed by atoms with Crippen LogP contribution in [-0.4, -0.2) is 57.3 Å². The van der Waals surface area contributed by atoms with Gasteiger partial charge in [0, 0.05) is 154 Å². The van der Waals surface area contributed by atoms with Crippen LogP contribution in [0.25, 0.3) is 286 Å². The van der Waals surface area contributed by atoms with Crippen LogP contribution in [0.4, 0.5) is 0 Å². The summed E-state index contributed by atoms with van der Waals surface area (Å²) in [6.45, 7) is 0. The lowest BCUT2D eigenvalue weighted by Crippen LogP contribution is -1.96. The van der Waals surface area contributed by atoms with Crippen molar-refractivity contribution in [2.45, 2.75) is 0 Å². The third kappa shape index (κ3) is 13.1. The van der Waals surface area contributed by atoms with Gasteiger partial charge in [0.25, 0.3) is 0 Å². The molecule has 12 heteroatoms. The third-order valence-corrected chi connectivity index (χ3v) is 30.1. The first-order chi connectivity index (χ1) is 73.5. The topological polar surface area (TPSA) is 107 Å². The molecule has 32 aromatic rings. The maximum atomic E-state index is 5.36. The number of fused-ring (bicyclic) bond motifs is 34. The minimum absolute atomic E-state index is 0.717. The largest absolute Gasteiger partial charge is 0.309 e. The van der Waals surface area contributed by atoms with E-state index in [1.54, 1.807) is 0 Å². The molecule has 23 aromatic carbocycles.